The van der Waals surface area contributed by atoms with E-state index in [9.17, 15) is 4.79 Å². The fourth-order valence-corrected chi connectivity index (χ4v) is 2.53. The molecule has 0 aliphatic carbocycles. The molecule has 0 aromatic carbocycles. The van der Waals surface area contributed by atoms with Crippen molar-refractivity contribution in [2.75, 3.05) is 11.9 Å². The highest BCUT2D eigenvalue weighted by Crippen LogP contribution is 2.20. The summed E-state index contributed by atoms with van der Waals surface area (Å²) in [4.78, 5) is 17.1. The first-order valence-corrected chi connectivity index (χ1v) is 7.48. The Labute approximate surface area is 118 Å². The van der Waals surface area contributed by atoms with E-state index in [2.05, 4.69) is 36.0 Å². The van der Waals surface area contributed by atoms with Crippen molar-refractivity contribution in [2.45, 2.75) is 39.5 Å². The molecule has 4 nitrogen and oxygen atoms in total. The molecule has 0 saturated carbocycles. The zero-order chi connectivity index (χ0) is 14.1. The lowest BCUT2D eigenvalue weighted by Gasteiger charge is -2.13. The molecule has 0 aliphatic heterocycles. The van der Waals surface area contributed by atoms with Crippen molar-refractivity contribution in [1.29, 1.82) is 0 Å². The van der Waals surface area contributed by atoms with Gasteiger partial charge in [-0.1, -0.05) is 49.9 Å². The highest BCUT2D eigenvalue weighted by molar-refractivity contribution is 7.16. The van der Waals surface area contributed by atoms with E-state index in [4.69, 9.17) is 5.73 Å². The van der Waals surface area contributed by atoms with E-state index in [1.54, 1.807) is 6.20 Å². The molecule has 1 amide bonds. The quantitative estimate of drug-likeness (QED) is 0.787. The largest absolute Gasteiger partial charge is 0.320 e. The summed E-state index contributed by atoms with van der Waals surface area (Å²) in [6.07, 6.45) is 5.54. The predicted molar refractivity (Wildman–Crippen MR) is 80.0 cm³/mol. The Morgan fingerprint density at radius 1 is 1.47 bits per heavy atom. The second kappa shape index (κ2) is 8.68. The first kappa shape index (κ1) is 15.7. The highest BCUT2D eigenvalue weighted by Gasteiger charge is 2.17. The summed E-state index contributed by atoms with van der Waals surface area (Å²) in [5, 5.41) is 3.49. The Hall–Kier alpha value is -1.38. The van der Waals surface area contributed by atoms with E-state index in [0.717, 1.165) is 30.6 Å². The van der Waals surface area contributed by atoms with Gasteiger partial charge in [0.1, 0.15) is 0 Å². The maximum absolute atomic E-state index is 12.1. The molecule has 0 atom stereocenters. The van der Waals surface area contributed by atoms with Crippen LogP contribution in [-0.4, -0.2) is 17.4 Å². The molecule has 104 valence electrons. The molecule has 0 radical (unpaired) electrons. The van der Waals surface area contributed by atoms with Gasteiger partial charge in [-0.3, -0.25) is 4.79 Å². The van der Waals surface area contributed by atoms with Gasteiger partial charge in [0, 0.05) is 5.92 Å². The number of aromatic nitrogens is 1. The Kier molecular flexibility index (Phi) is 7.16. The van der Waals surface area contributed by atoms with Crippen molar-refractivity contribution in [3.8, 4) is 11.8 Å². The summed E-state index contributed by atoms with van der Waals surface area (Å²) in [6, 6.07) is 0. The molecule has 0 bridgehead atoms. The topological polar surface area (TPSA) is 68.0 Å². The third kappa shape index (κ3) is 5.41. The molecule has 3 N–H and O–H groups in total. The molecular formula is C14H21N3OS. The van der Waals surface area contributed by atoms with Crippen molar-refractivity contribution in [3.05, 3.63) is 11.1 Å². The first-order chi connectivity index (χ1) is 9.21. The predicted octanol–water partition coefficient (Wildman–Crippen LogP) is 2.61. The number of amides is 1. The molecule has 0 fully saturated rings. The van der Waals surface area contributed by atoms with Crippen molar-refractivity contribution in [3.63, 3.8) is 0 Å². The molecule has 5 heteroatoms. The van der Waals surface area contributed by atoms with Gasteiger partial charge in [-0.15, -0.1) is 0 Å². The minimum absolute atomic E-state index is 0.0661. The van der Waals surface area contributed by atoms with Crippen LogP contribution in [0.2, 0.25) is 0 Å². The molecule has 1 heterocycles. The van der Waals surface area contributed by atoms with E-state index in [1.165, 1.54) is 11.3 Å². The number of nitrogens with zero attached hydrogens (tertiary/aromatic N) is 1. The zero-order valence-electron chi connectivity index (χ0n) is 11.5. The van der Waals surface area contributed by atoms with Gasteiger partial charge in [0.15, 0.2) is 5.13 Å². The number of rotatable bonds is 6. The van der Waals surface area contributed by atoms with Gasteiger partial charge in [0.25, 0.3) is 0 Å². The van der Waals surface area contributed by atoms with E-state index in [-0.39, 0.29) is 11.8 Å². The third-order valence-corrected chi connectivity index (χ3v) is 3.52. The Morgan fingerprint density at radius 2 is 2.16 bits per heavy atom. The molecular weight excluding hydrogens is 258 g/mol. The normalized spacial score (nSPS) is 10.1. The van der Waals surface area contributed by atoms with Crippen molar-refractivity contribution in [1.82, 2.24) is 4.98 Å². The maximum Gasteiger partial charge on any atom is 0.229 e. The lowest BCUT2D eigenvalue weighted by Crippen LogP contribution is -2.22. The molecule has 0 aliphatic rings. The van der Waals surface area contributed by atoms with Gasteiger partial charge in [-0.25, -0.2) is 4.98 Å². The zero-order valence-corrected chi connectivity index (χ0v) is 12.3. The highest BCUT2D eigenvalue weighted by atomic mass is 32.1. The molecule has 0 spiro atoms. The number of anilines is 1. The maximum atomic E-state index is 12.1. The summed E-state index contributed by atoms with van der Waals surface area (Å²) in [6.45, 7) is 4.52. The molecule has 0 unspecified atom stereocenters. The van der Waals surface area contributed by atoms with Crippen molar-refractivity contribution < 1.29 is 4.79 Å². The SMILES string of the molecule is CCCC(CCC)C(=O)Nc1ncc(C#CCN)s1. The Balaban J connectivity index is 2.61. The molecule has 19 heavy (non-hydrogen) atoms. The van der Waals surface area contributed by atoms with E-state index in [0.29, 0.717) is 11.7 Å². The Morgan fingerprint density at radius 3 is 2.74 bits per heavy atom. The number of nitrogens with two attached hydrogens (primary N) is 1. The van der Waals surface area contributed by atoms with Crippen LogP contribution in [0, 0.1) is 17.8 Å². The van der Waals surface area contributed by atoms with Gasteiger partial charge < -0.3 is 11.1 Å². The monoisotopic (exact) mass is 279 g/mol. The first-order valence-electron chi connectivity index (χ1n) is 6.66. The number of carbonyl (C=O) groups excluding carboxylic acids is 1. The van der Waals surface area contributed by atoms with Gasteiger partial charge in [-0.05, 0) is 12.8 Å². The number of nitrogens with one attached hydrogen (secondary N) is 1. The van der Waals surface area contributed by atoms with Gasteiger partial charge in [-0.2, -0.15) is 0 Å². The summed E-state index contributed by atoms with van der Waals surface area (Å²) >= 11 is 1.38. The number of carbonyl (C=O) groups is 1. The average molecular weight is 279 g/mol. The molecule has 0 saturated heterocycles. The summed E-state index contributed by atoms with van der Waals surface area (Å²) in [5.74, 6) is 5.82. The number of thiazole rings is 1. The minimum Gasteiger partial charge on any atom is -0.320 e. The van der Waals surface area contributed by atoms with Crippen LogP contribution in [0.3, 0.4) is 0 Å². The van der Waals surface area contributed by atoms with Crippen LogP contribution >= 0.6 is 11.3 Å². The van der Waals surface area contributed by atoms with Gasteiger partial charge in [0.05, 0.1) is 17.6 Å². The van der Waals surface area contributed by atoms with E-state index >= 15 is 0 Å². The third-order valence-electron chi connectivity index (χ3n) is 2.69. The second-order valence-electron chi connectivity index (χ2n) is 4.30. The van der Waals surface area contributed by atoms with E-state index < -0.39 is 0 Å². The Bertz CT molecular complexity index is 453. The van der Waals surface area contributed by atoms with Crippen LogP contribution < -0.4 is 11.1 Å². The van der Waals surface area contributed by atoms with Gasteiger partial charge >= 0.3 is 0 Å². The van der Waals surface area contributed by atoms with Crippen molar-refractivity contribution in [2.24, 2.45) is 11.7 Å². The number of hydrogen-bond acceptors (Lipinski definition) is 4. The van der Waals surface area contributed by atoms with E-state index in [1.807, 2.05) is 0 Å². The number of hydrogen-bond donors (Lipinski definition) is 2. The summed E-state index contributed by atoms with van der Waals surface area (Å²) in [7, 11) is 0. The molecule has 1 rings (SSSR count). The molecule has 1 aromatic heterocycles. The van der Waals surface area contributed by atoms with Crippen LogP contribution in [-0.2, 0) is 4.79 Å². The molecule has 1 aromatic rings. The lowest BCUT2D eigenvalue weighted by atomic mass is 9.97. The smallest absolute Gasteiger partial charge is 0.229 e. The summed E-state index contributed by atoms with van der Waals surface area (Å²) in [5.41, 5.74) is 5.31. The second-order valence-corrected chi connectivity index (χ2v) is 5.33. The van der Waals surface area contributed by atoms with Gasteiger partial charge in [0.2, 0.25) is 5.91 Å². The average Bonchev–Trinajstić information content (AvgIpc) is 2.83. The summed E-state index contributed by atoms with van der Waals surface area (Å²) < 4.78 is 0. The van der Waals surface area contributed by atoms with Crippen LogP contribution in [0.15, 0.2) is 6.20 Å². The van der Waals surface area contributed by atoms with Crippen LogP contribution in [0.4, 0.5) is 5.13 Å². The fraction of sp³-hybridized carbons (Fsp3) is 0.571. The van der Waals surface area contributed by atoms with Crippen molar-refractivity contribution >= 4 is 22.4 Å². The van der Waals surface area contributed by atoms with Crippen LogP contribution in [0.1, 0.15) is 44.4 Å². The fourth-order valence-electron chi connectivity index (χ4n) is 1.84. The van der Waals surface area contributed by atoms with Crippen LogP contribution in [0.25, 0.3) is 0 Å². The standard InChI is InChI=1S/C14H21N3OS/c1-3-6-11(7-4-2)13(18)17-14-16-10-12(19-14)8-5-9-15/h10-11H,3-4,6-7,9,15H2,1-2H3,(H,16,17,18). The minimum atomic E-state index is 0.0661. The van der Waals surface area contributed by atoms with Crippen LogP contribution in [0.5, 0.6) is 0 Å². The lowest BCUT2D eigenvalue weighted by molar-refractivity contribution is -0.120.